The highest BCUT2D eigenvalue weighted by Crippen LogP contribution is 2.13. The van der Waals surface area contributed by atoms with Gasteiger partial charge in [0.2, 0.25) is 0 Å². The molecule has 0 bridgehead atoms. The minimum Gasteiger partial charge on any atom is -0.462 e. The Bertz CT molecular complexity index is 1450. The van der Waals surface area contributed by atoms with Crippen LogP contribution in [0.3, 0.4) is 0 Å². The van der Waals surface area contributed by atoms with Crippen LogP contribution in [0, 0.1) is 0 Å². The predicted molar refractivity (Wildman–Crippen MR) is 293 cm³/mol. The van der Waals surface area contributed by atoms with Gasteiger partial charge >= 0.3 is 17.9 Å². The molecule has 0 saturated carbocycles. The molecule has 0 heterocycles. The van der Waals surface area contributed by atoms with Crippen molar-refractivity contribution in [1.29, 1.82) is 0 Å². The molecule has 0 saturated heterocycles. The summed E-state index contributed by atoms with van der Waals surface area (Å²) < 4.78 is 16.8. The van der Waals surface area contributed by atoms with Gasteiger partial charge in [0.15, 0.2) is 6.10 Å². The zero-order chi connectivity index (χ0) is 49.3. The number of allylic oxidation sites excluding steroid dienone is 20. The molecule has 0 fully saturated rings. The molecule has 6 heteroatoms. The van der Waals surface area contributed by atoms with Crippen molar-refractivity contribution in [1.82, 2.24) is 0 Å². The summed E-state index contributed by atoms with van der Waals surface area (Å²) in [6, 6.07) is 0. The highest BCUT2D eigenvalue weighted by Gasteiger charge is 2.19. The van der Waals surface area contributed by atoms with Gasteiger partial charge in [-0.15, -0.1) is 0 Å². The fraction of sp³-hybridized carbons (Fsp3) is 0.629. The number of hydrogen-bond donors (Lipinski definition) is 0. The average Bonchev–Trinajstić information content (AvgIpc) is 3.34. The van der Waals surface area contributed by atoms with E-state index in [0.29, 0.717) is 12.8 Å². The van der Waals surface area contributed by atoms with E-state index in [4.69, 9.17) is 14.2 Å². The summed E-state index contributed by atoms with van der Waals surface area (Å²) in [5.74, 6) is -0.990. The van der Waals surface area contributed by atoms with Crippen LogP contribution >= 0.6 is 0 Å². The maximum absolute atomic E-state index is 12.8. The fourth-order valence-corrected chi connectivity index (χ4v) is 7.23. The van der Waals surface area contributed by atoms with Crippen LogP contribution in [0.4, 0.5) is 0 Å². The quantitative estimate of drug-likeness (QED) is 0.0199. The Kier molecular flexibility index (Phi) is 52.0. The van der Waals surface area contributed by atoms with Crippen molar-refractivity contribution >= 4 is 17.9 Å². The van der Waals surface area contributed by atoms with Crippen LogP contribution in [0.25, 0.3) is 0 Å². The van der Waals surface area contributed by atoms with Crippen molar-refractivity contribution < 1.29 is 28.6 Å². The van der Waals surface area contributed by atoms with Crippen LogP contribution in [-0.4, -0.2) is 37.2 Å². The Hall–Kier alpha value is -4.19. The maximum atomic E-state index is 12.8. The lowest BCUT2D eigenvalue weighted by atomic mass is 10.1. The second-order valence-electron chi connectivity index (χ2n) is 18.0. The molecule has 0 rings (SSSR count). The molecule has 0 amide bonds. The van der Waals surface area contributed by atoms with Crippen molar-refractivity contribution in [2.24, 2.45) is 0 Å². The predicted octanol–water partition coefficient (Wildman–Crippen LogP) is 18.5. The van der Waals surface area contributed by atoms with Crippen molar-refractivity contribution in [3.8, 4) is 0 Å². The first-order chi connectivity index (χ1) is 33.5. The molecule has 0 aromatic carbocycles. The van der Waals surface area contributed by atoms with E-state index in [9.17, 15) is 14.4 Å². The first kappa shape index (κ1) is 63.8. The summed E-state index contributed by atoms with van der Waals surface area (Å²) in [6.07, 6.45) is 76.0. The van der Waals surface area contributed by atoms with Gasteiger partial charge in [-0.25, -0.2) is 0 Å². The topological polar surface area (TPSA) is 78.9 Å². The molecule has 384 valence electrons. The van der Waals surface area contributed by atoms with Gasteiger partial charge in [0.05, 0.1) is 0 Å². The molecule has 1 unspecified atom stereocenters. The van der Waals surface area contributed by atoms with Crippen LogP contribution in [0.2, 0.25) is 0 Å². The van der Waals surface area contributed by atoms with Crippen LogP contribution in [0.1, 0.15) is 233 Å². The Morgan fingerprint density at radius 1 is 0.309 bits per heavy atom. The van der Waals surface area contributed by atoms with Crippen LogP contribution in [0.15, 0.2) is 122 Å². The number of ether oxygens (including phenoxy) is 3. The number of carbonyl (C=O) groups excluding carboxylic acids is 3. The zero-order valence-corrected chi connectivity index (χ0v) is 43.8. The second-order valence-corrected chi connectivity index (χ2v) is 18.0. The molecule has 0 N–H and O–H groups in total. The van der Waals surface area contributed by atoms with Gasteiger partial charge in [-0.05, 0) is 89.9 Å². The van der Waals surface area contributed by atoms with Crippen molar-refractivity contribution in [2.45, 2.75) is 239 Å². The molecular weight excluding hydrogens is 841 g/mol. The van der Waals surface area contributed by atoms with Crippen LogP contribution in [0.5, 0.6) is 0 Å². The number of esters is 3. The summed E-state index contributed by atoms with van der Waals surface area (Å²) in [5, 5.41) is 0. The molecule has 0 aliphatic carbocycles. The van der Waals surface area contributed by atoms with Crippen molar-refractivity contribution in [3.05, 3.63) is 122 Å². The molecule has 0 radical (unpaired) electrons. The van der Waals surface area contributed by atoms with E-state index in [1.165, 1.54) is 109 Å². The molecule has 0 aliphatic rings. The Morgan fingerprint density at radius 2 is 0.588 bits per heavy atom. The van der Waals surface area contributed by atoms with E-state index >= 15 is 0 Å². The third-order valence-electron chi connectivity index (χ3n) is 11.4. The Morgan fingerprint density at radius 3 is 0.985 bits per heavy atom. The first-order valence-corrected chi connectivity index (χ1v) is 27.7. The van der Waals surface area contributed by atoms with E-state index < -0.39 is 6.10 Å². The number of rotatable bonds is 48. The van der Waals surface area contributed by atoms with Gasteiger partial charge in [0.25, 0.3) is 0 Å². The molecule has 1 atom stereocenters. The zero-order valence-electron chi connectivity index (χ0n) is 43.8. The van der Waals surface area contributed by atoms with Gasteiger partial charge in [-0.2, -0.15) is 0 Å². The number of carbonyl (C=O) groups is 3. The molecule has 0 aromatic rings. The van der Waals surface area contributed by atoms with Crippen LogP contribution < -0.4 is 0 Å². The van der Waals surface area contributed by atoms with E-state index in [2.05, 4.69) is 69.4 Å². The minimum atomic E-state index is -0.816. The van der Waals surface area contributed by atoms with E-state index in [1.807, 2.05) is 72.9 Å². The lowest BCUT2D eigenvalue weighted by molar-refractivity contribution is -0.167. The van der Waals surface area contributed by atoms with Gasteiger partial charge in [-0.1, -0.05) is 245 Å². The number of unbranched alkanes of at least 4 members (excludes halogenated alkanes) is 24. The second kappa shape index (κ2) is 55.4. The smallest absolute Gasteiger partial charge is 0.306 e. The maximum Gasteiger partial charge on any atom is 0.306 e. The van der Waals surface area contributed by atoms with Gasteiger partial charge in [0, 0.05) is 19.3 Å². The van der Waals surface area contributed by atoms with Crippen LogP contribution in [-0.2, 0) is 28.6 Å². The summed E-state index contributed by atoms with van der Waals surface area (Å²) in [4.78, 5) is 38.1. The molecular formula is C62H100O6. The lowest BCUT2D eigenvalue weighted by Gasteiger charge is -2.18. The third-order valence-corrected chi connectivity index (χ3v) is 11.4. The lowest BCUT2D eigenvalue weighted by Crippen LogP contribution is -2.30. The van der Waals surface area contributed by atoms with Crippen molar-refractivity contribution in [2.75, 3.05) is 13.2 Å². The molecule has 68 heavy (non-hydrogen) atoms. The minimum absolute atomic E-state index is 0.109. The normalized spacial score (nSPS) is 13.0. The van der Waals surface area contributed by atoms with Crippen molar-refractivity contribution in [3.63, 3.8) is 0 Å². The summed E-state index contributed by atoms with van der Waals surface area (Å²) >= 11 is 0. The average molecular weight is 941 g/mol. The van der Waals surface area contributed by atoms with E-state index in [-0.39, 0.29) is 37.5 Å². The molecule has 6 nitrogen and oxygen atoms in total. The number of hydrogen-bond acceptors (Lipinski definition) is 6. The molecule has 0 spiro atoms. The molecule has 0 aromatic heterocycles. The Balaban J connectivity index is 4.56. The Labute approximate surface area is 418 Å². The summed E-state index contributed by atoms with van der Waals surface area (Å²) in [6.45, 7) is 6.40. The fourth-order valence-electron chi connectivity index (χ4n) is 7.23. The first-order valence-electron chi connectivity index (χ1n) is 27.7. The largest absolute Gasteiger partial charge is 0.462 e. The summed E-state index contributed by atoms with van der Waals surface area (Å²) in [5.41, 5.74) is 0. The summed E-state index contributed by atoms with van der Waals surface area (Å²) in [7, 11) is 0. The SMILES string of the molecule is CC\C=C/C=C\C=C/C=C\C=C\C=C/C=C\CCCCCC(=O)OCC(COC(=O)CCCCCCCCC/C=C\CCCCCC)OC(=O)CCCCC/C=C\C=C/CCCCCCCCC. The molecule has 0 aliphatic heterocycles. The third kappa shape index (κ3) is 52.8. The highest BCUT2D eigenvalue weighted by atomic mass is 16.6. The van der Waals surface area contributed by atoms with Gasteiger partial charge in [-0.3, -0.25) is 14.4 Å². The van der Waals surface area contributed by atoms with E-state index in [1.54, 1.807) is 0 Å². The standard InChI is InChI=1S/C62H100O6/c1-4-7-10-13-16-19-22-25-28-30-31-32-35-37-40-43-46-49-52-55-61(64)67-58-59(57-66-60(63)54-51-48-45-42-39-36-33-27-24-21-18-15-12-9-6-3)68-62(65)56-53-50-47-44-41-38-34-29-26-23-20-17-14-11-8-5-2/h7,10,13,16,19,21-22,24-25,28-32,34-35,37-38,40-41,59H,4-6,8-9,11-12,14-15,17-18,20,23,26-27,33,36,39,42-58H2,1-3H3/b10-7-,16-13-,22-19-,24-21-,28-25-,31-30+,34-29-,35-32-,40-37-,41-38-. The monoisotopic (exact) mass is 941 g/mol. The van der Waals surface area contributed by atoms with Gasteiger partial charge < -0.3 is 14.2 Å². The van der Waals surface area contributed by atoms with Gasteiger partial charge in [0.1, 0.15) is 13.2 Å². The van der Waals surface area contributed by atoms with E-state index in [0.717, 1.165) is 83.5 Å². The highest BCUT2D eigenvalue weighted by molar-refractivity contribution is 5.71.